The van der Waals surface area contributed by atoms with Crippen LogP contribution in [0.1, 0.15) is 89.7 Å². The van der Waals surface area contributed by atoms with Gasteiger partial charge in [-0.25, -0.2) is 4.79 Å². The Balaban J connectivity index is 1.71. The maximum Gasteiger partial charge on any atom is 0.353 e. The number of thiophene rings is 1. The average Bonchev–Trinajstić information content (AvgIpc) is 3.39. The van der Waals surface area contributed by atoms with E-state index in [0.717, 1.165) is 68.6 Å². The average molecular weight is 583 g/mol. The number of anilines is 1. The van der Waals surface area contributed by atoms with Gasteiger partial charge in [0.1, 0.15) is 4.88 Å². The predicted molar refractivity (Wildman–Crippen MR) is 164 cm³/mol. The molecule has 8 heteroatoms. The molecule has 1 saturated heterocycles. The smallest absolute Gasteiger partial charge is 0.353 e. The molecule has 0 spiro atoms. The number of benzene rings is 1. The molecule has 1 saturated carbocycles. The highest BCUT2D eigenvalue weighted by Gasteiger charge is 2.38. The number of ether oxygens (including phenoxy) is 2. The summed E-state index contributed by atoms with van der Waals surface area (Å²) in [5.41, 5.74) is 0.875. The predicted octanol–water partition coefficient (Wildman–Crippen LogP) is 7.15. The first kappa shape index (κ1) is 31.2. The molecule has 2 fully saturated rings. The normalized spacial score (nSPS) is 21.2. The summed E-state index contributed by atoms with van der Waals surface area (Å²) in [7, 11) is 0. The Morgan fingerprint density at radius 1 is 1.00 bits per heavy atom. The van der Waals surface area contributed by atoms with Crippen molar-refractivity contribution in [1.29, 1.82) is 0 Å². The number of carbonyl (C=O) groups is 3. The van der Waals surface area contributed by atoms with Gasteiger partial charge in [-0.15, -0.1) is 11.3 Å². The molecule has 0 radical (unpaired) electrons. The van der Waals surface area contributed by atoms with E-state index < -0.39 is 23.6 Å². The van der Waals surface area contributed by atoms with Crippen LogP contribution in [0.5, 0.6) is 0 Å². The first-order valence-electron chi connectivity index (χ1n) is 15.1. The Bertz CT molecular complexity index is 1190. The molecular weight excluding hydrogens is 536 g/mol. The van der Waals surface area contributed by atoms with Crippen LogP contribution in [0.25, 0.3) is 10.4 Å². The molecule has 2 heterocycles. The van der Waals surface area contributed by atoms with Crippen molar-refractivity contribution in [3.63, 3.8) is 0 Å². The fraction of sp³-hybridized carbons (Fsp3) is 0.606. The van der Waals surface area contributed by atoms with Crippen molar-refractivity contribution in [1.82, 2.24) is 4.90 Å². The Morgan fingerprint density at radius 3 is 2.22 bits per heavy atom. The lowest BCUT2D eigenvalue weighted by Gasteiger charge is -2.40. The summed E-state index contributed by atoms with van der Waals surface area (Å²) in [6.45, 7) is 14.1. The second-order valence-corrected chi connectivity index (χ2v) is 13.7. The van der Waals surface area contributed by atoms with E-state index in [1.165, 1.54) is 11.3 Å². The minimum Gasteiger partial charge on any atom is -0.425 e. The highest BCUT2D eigenvalue weighted by atomic mass is 32.1. The van der Waals surface area contributed by atoms with Crippen LogP contribution < -0.4 is 4.90 Å². The van der Waals surface area contributed by atoms with Gasteiger partial charge >= 0.3 is 11.9 Å². The van der Waals surface area contributed by atoms with Crippen LogP contribution in [0.4, 0.5) is 5.69 Å². The summed E-state index contributed by atoms with van der Waals surface area (Å²) in [6.07, 6.45) is 4.49. The van der Waals surface area contributed by atoms with E-state index in [-0.39, 0.29) is 17.9 Å². The zero-order valence-corrected chi connectivity index (χ0v) is 26.3. The van der Waals surface area contributed by atoms with Gasteiger partial charge in [0.2, 0.25) is 12.2 Å². The number of hydrogen-bond acceptors (Lipinski definition) is 7. The monoisotopic (exact) mass is 582 g/mol. The molecule has 1 atom stereocenters. The molecule has 0 N–H and O–H groups in total. The quantitative estimate of drug-likeness (QED) is 0.243. The highest BCUT2D eigenvalue weighted by Crippen LogP contribution is 2.41. The highest BCUT2D eigenvalue weighted by molar-refractivity contribution is 7.18. The van der Waals surface area contributed by atoms with Crippen molar-refractivity contribution in [3.05, 3.63) is 41.3 Å². The minimum absolute atomic E-state index is 0.00515. The molecular formula is C33H46N2O5S. The van der Waals surface area contributed by atoms with Crippen molar-refractivity contribution in [3.8, 4) is 10.4 Å². The first-order valence-corrected chi connectivity index (χ1v) is 16.0. The molecule has 2 aromatic rings. The fourth-order valence-corrected chi connectivity index (χ4v) is 6.74. The largest absolute Gasteiger partial charge is 0.425 e. The molecule has 1 aromatic heterocycles. The number of likely N-dealkylation sites (tertiary alicyclic amines) is 1. The standard InChI is InChI=1S/C33H46N2O5S/c1-7-34-19-17-26(18-20-34)35(30(36)25-15-13-22(2)14-16-25)27-21-28(24-11-9-8-10-12-24)41-29(27)31(37)39-23(3)40-32(38)33(4,5)6/h8-12,21-23,25-26H,7,13-20H2,1-6H3. The fourth-order valence-electron chi connectivity index (χ4n) is 5.70. The lowest BCUT2D eigenvalue weighted by molar-refractivity contribution is -0.174. The van der Waals surface area contributed by atoms with Crippen LogP contribution in [-0.2, 0) is 19.1 Å². The molecule has 7 nitrogen and oxygen atoms in total. The summed E-state index contributed by atoms with van der Waals surface area (Å²) in [5, 5.41) is 0. The van der Waals surface area contributed by atoms with Gasteiger partial charge in [-0.1, -0.05) is 44.2 Å². The van der Waals surface area contributed by atoms with Gasteiger partial charge in [0.05, 0.1) is 11.1 Å². The van der Waals surface area contributed by atoms with Crippen molar-refractivity contribution in [2.45, 2.75) is 92.4 Å². The molecule has 4 rings (SSSR count). The summed E-state index contributed by atoms with van der Waals surface area (Å²) < 4.78 is 11.1. The number of carbonyl (C=O) groups excluding carboxylic acids is 3. The topological polar surface area (TPSA) is 76.2 Å². The molecule has 1 amide bonds. The summed E-state index contributed by atoms with van der Waals surface area (Å²) >= 11 is 1.33. The van der Waals surface area contributed by atoms with Crippen molar-refractivity contribution in [2.24, 2.45) is 17.3 Å². The third-order valence-electron chi connectivity index (χ3n) is 8.35. The summed E-state index contributed by atoms with van der Waals surface area (Å²) in [4.78, 5) is 46.1. The van der Waals surface area contributed by atoms with Gasteiger partial charge in [-0.2, -0.15) is 0 Å². The van der Waals surface area contributed by atoms with Gasteiger partial charge in [-0.3, -0.25) is 9.59 Å². The molecule has 224 valence electrons. The molecule has 1 aliphatic carbocycles. The Hall–Kier alpha value is -2.71. The molecule has 1 aromatic carbocycles. The minimum atomic E-state index is -1.05. The maximum absolute atomic E-state index is 14.3. The van der Waals surface area contributed by atoms with Gasteiger partial charge in [0.25, 0.3) is 0 Å². The third kappa shape index (κ3) is 7.77. The van der Waals surface area contributed by atoms with Crippen LogP contribution in [0.2, 0.25) is 0 Å². The number of esters is 2. The number of piperidine rings is 1. The lowest BCUT2D eigenvalue weighted by atomic mass is 9.82. The second-order valence-electron chi connectivity index (χ2n) is 12.6. The third-order valence-corrected chi connectivity index (χ3v) is 9.50. The van der Waals surface area contributed by atoms with Gasteiger partial charge in [-0.05, 0) is 83.4 Å². The van der Waals surface area contributed by atoms with E-state index in [2.05, 4.69) is 18.7 Å². The zero-order chi connectivity index (χ0) is 29.7. The van der Waals surface area contributed by atoms with E-state index in [1.54, 1.807) is 27.7 Å². The SMILES string of the molecule is CCN1CCC(N(C(=O)C2CCC(C)CC2)c2cc(-c3ccccc3)sc2C(=O)OC(C)OC(=O)C(C)(C)C)CC1. The van der Waals surface area contributed by atoms with Crippen molar-refractivity contribution >= 4 is 34.9 Å². The molecule has 41 heavy (non-hydrogen) atoms. The number of rotatable bonds is 8. The van der Waals surface area contributed by atoms with Gasteiger partial charge < -0.3 is 19.3 Å². The van der Waals surface area contributed by atoms with Gasteiger partial charge in [0, 0.05) is 36.9 Å². The second kappa shape index (κ2) is 13.5. The Labute approximate surface area is 249 Å². The molecule has 1 unspecified atom stereocenters. The summed E-state index contributed by atoms with van der Waals surface area (Å²) in [5.74, 6) is -0.326. The van der Waals surface area contributed by atoms with E-state index in [9.17, 15) is 14.4 Å². The first-order chi connectivity index (χ1) is 19.5. The van der Waals surface area contributed by atoms with E-state index in [4.69, 9.17) is 9.47 Å². The van der Waals surface area contributed by atoms with Gasteiger partial charge in [0.15, 0.2) is 0 Å². The van der Waals surface area contributed by atoms with E-state index in [0.29, 0.717) is 16.5 Å². The number of amides is 1. The zero-order valence-electron chi connectivity index (χ0n) is 25.5. The molecule has 2 aliphatic rings. The Morgan fingerprint density at radius 2 is 1.63 bits per heavy atom. The van der Waals surface area contributed by atoms with Crippen LogP contribution in [0.15, 0.2) is 36.4 Å². The maximum atomic E-state index is 14.3. The summed E-state index contributed by atoms with van der Waals surface area (Å²) in [6, 6.07) is 11.9. The Kier molecular flexibility index (Phi) is 10.3. The van der Waals surface area contributed by atoms with Crippen LogP contribution in [0.3, 0.4) is 0 Å². The van der Waals surface area contributed by atoms with E-state index >= 15 is 0 Å². The van der Waals surface area contributed by atoms with Crippen LogP contribution >= 0.6 is 11.3 Å². The van der Waals surface area contributed by atoms with Crippen LogP contribution in [0, 0.1) is 17.3 Å². The van der Waals surface area contributed by atoms with Crippen LogP contribution in [-0.4, -0.2) is 54.7 Å². The van der Waals surface area contributed by atoms with Crippen molar-refractivity contribution < 1.29 is 23.9 Å². The van der Waals surface area contributed by atoms with E-state index in [1.807, 2.05) is 41.3 Å². The van der Waals surface area contributed by atoms with Crippen molar-refractivity contribution in [2.75, 3.05) is 24.5 Å². The molecule has 1 aliphatic heterocycles. The number of nitrogens with zero attached hydrogens (tertiary/aromatic N) is 2. The lowest BCUT2D eigenvalue weighted by Crippen LogP contribution is -2.50. The molecule has 0 bridgehead atoms. The number of hydrogen-bond donors (Lipinski definition) is 0.